The van der Waals surface area contributed by atoms with Crippen LogP contribution in [0, 0.1) is 0 Å². The van der Waals surface area contributed by atoms with Crippen molar-refractivity contribution in [3.05, 3.63) is 44.4 Å². The van der Waals surface area contributed by atoms with Gasteiger partial charge in [0.1, 0.15) is 0 Å². The molecule has 4 bridgehead atoms. The molecule has 0 atom stereocenters. The van der Waals surface area contributed by atoms with E-state index < -0.39 is 0 Å². The molecule has 8 rings (SSSR count). The minimum absolute atomic E-state index is 0.251. The fourth-order valence-electron chi connectivity index (χ4n) is 5.91. The molecule has 2 saturated heterocycles. The molecule has 2 fully saturated rings. The topological polar surface area (TPSA) is 22.3 Å². The largest absolute Gasteiger partial charge is 0.361 e. The van der Waals surface area contributed by atoms with Gasteiger partial charge in [-0.2, -0.15) is 0 Å². The van der Waals surface area contributed by atoms with Crippen molar-refractivity contribution in [2.45, 2.75) is 103 Å². The zero-order valence-corrected chi connectivity index (χ0v) is 22.0. The van der Waals surface area contributed by atoms with E-state index in [2.05, 4.69) is 79.8 Å². The zero-order chi connectivity index (χ0) is 22.7. The van der Waals surface area contributed by atoms with Crippen LogP contribution in [0.5, 0.6) is 0 Å². The third-order valence-corrected chi connectivity index (χ3v) is 9.83. The second kappa shape index (κ2) is 8.29. The lowest BCUT2D eigenvalue weighted by molar-refractivity contribution is 0.219. The van der Waals surface area contributed by atoms with Crippen molar-refractivity contribution < 1.29 is 0 Å². The molecular formula is C28H43N3S. The van der Waals surface area contributed by atoms with Gasteiger partial charge in [0.05, 0.1) is 0 Å². The molecule has 2 aromatic rings. The Bertz CT molecular complexity index is 860. The van der Waals surface area contributed by atoms with Gasteiger partial charge in [0.15, 0.2) is 0 Å². The number of thiophene rings is 1. The molecule has 3 nitrogen and oxygen atoms in total. The van der Waals surface area contributed by atoms with Crippen LogP contribution in [0.15, 0.2) is 12.1 Å². The Labute approximate surface area is 199 Å². The summed E-state index contributed by atoms with van der Waals surface area (Å²) in [6.45, 7) is 21.4. The molecule has 0 spiro atoms. The molecule has 0 aliphatic carbocycles. The van der Waals surface area contributed by atoms with Gasteiger partial charge in [-0.05, 0) is 86.5 Å². The average molecular weight is 454 g/mol. The Morgan fingerprint density at radius 3 is 1.88 bits per heavy atom. The maximum absolute atomic E-state index is 3.71. The minimum atomic E-state index is 0.251. The molecule has 0 amide bonds. The van der Waals surface area contributed by atoms with E-state index in [9.17, 15) is 0 Å². The molecule has 32 heavy (non-hydrogen) atoms. The molecular weight excluding hydrogens is 410 g/mol. The van der Waals surface area contributed by atoms with Crippen LogP contribution in [-0.4, -0.2) is 41.0 Å². The molecule has 0 saturated carbocycles. The molecule has 8 heterocycles. The molecule has 4 heteroatoms. The maximum atomic E-state index is 3.71. The Kier molecular flexibility index (Phi) is 5.87. The lowest BCUT2D eigenvalue weighted by Gasteiger charge is -2.27. The number of fused-ring (bicyclic) bond motifs is 4. The number of rotatable bonds is 0. The van der Waals surface area contributed by atoms with Gasteiger partial charge in [-0.1, -0.05) is 41.5 Å². The van der Waals surface area contributed by atoms with Gasteiger partial charge in [0, 0.05) is 45.6 Å². The first kappa shape index (κ1) is 22.7. The van der Waals surface area contributed by atoms with E-state index in [1.54, 1.807) is 26.6 Å². The zero-order valence-electron chi connectivity index (χ0n) is 21.2. The van der Waals surface area contributed by atoms with E-state index >= 15 is 0 Å². The van der Waals surface area contributed by atoms with Crippen LogP contribution in [-0.2, 0) is 23.9 Å². The van der Waals surface area contributed by atoms with Gasteiger partial charge >= 0.3 is 0 Å². The summed E-state index contributed by atoms with van der Waals surface area (Å²) in [6, 6.07) is 4.89. The van der Waals surface area contributed by atoms with Crippen LogP contribution >= 0.6 is 11.3 Å². The Morgan fingerprint density at radius 2 is 1.31 bits per heavy atom. The molecule has 6 aliphatic heterocycles. The third kappa shape index (κ3) is 4.48. The highest BCUT2D eigenvalue weighted by atomic mass is 32.1. The molecule has 0 aromatic carbocycles. The molecule has 0 radical (unpaired) electrons. The summed E-state index contributed by atoms with van der Waals surface area (Å²) < 4.78 is 0. The van der Waals surface area contributed by atoms with Crippen LogP contribution in [0.4, 0.5) is 0 Å². The van der Waals surface area contributed by atoms with E-state index in [0.29, 0.717) is 5.41 Å². The van der Waals surface area contributed by atoms with Crippen molar-refractivity contribution in [3.8, 4) is 0 Å². The summed E-state index contributed by atoms with van der Waals surface area (Å²) in [5.74, 6) is 1.67. The predicted octanol–water partition coefficient (Wildman–Crippen LogP) is 6.74. The quantitative estimate of drug-likeness (QED) is 0.477. The monoisotopic (exact) mass is 453 g/mol. The van der Waals surface area contributed by atoms with Crippen LogP contribution in [0.2, 0.25) is 0 Å². The SMILES string of the molecule is CC(C)(C)c1cc2c([nH]1)C1CCN(CC1)C2.CC(C)(C)c1cc2c(s1)C1CCN(CC1)C2. The van der Waals surface area contributed by atoms with E-state index in [1.807, 2.05) is 0 Å². The highest BCUT2D eigenvalue weighted by Crippen LogP contribution is 2.43. The first-order valence-corrected chi connectivity index (χ1v) is 13.7. The standard InChI is InChI=1S/C14H22N2.C14H21NS/c1-14(2,3)12-8-11-9-16-6-4-10(5-7-16)13(11)15-12;1-14(2,3)12-8-11-9-15-6-4-10(5-7-15)13(11)16-12/h8,10,15H,4-7,9H2,1-3H3;8,10H,4-7,9H2,1-3H3. The predicted molar refractivity (Wildman–Crippen MR) is 137 cm³/mol. The molecule has 0 unspecified atom stereocenters. The smallest absolute Gasteiger partial charge is 0.0251 e. The lowest BCUT2D eigenvalue weighted by atomic mass is 9.92. The molecule has 2 aromatic heterocycles. The normalized spacial score (nSPS) is 28.9. The maximum Gasteiger partial charge on any atom is 0.0251 e. The van der Waals surface area contributed by atoms with Crippen molar-refractivity contribution in [1.82, 2.24) is 14.8 Å². The number of nitrogens with one attached hydrogen (secondary N) is 1. The number of piperidine rings is 2. The van der Waals surface area contributed by atoms with Crippen LogP contribution in [0.1, 0.15) is 111 Å². The van der Waals surface area contributed by atoms with Gasteiger partial charge < -0.3 is 4.98 Å². The first-order chi connectivity index (χ1) is 15.1. The summed E-state index contributed by atoms with van der Waals surface area (Å²) in [4.78, 5) is 12.2. The highest BCUT2D eigenvalue weighted by molar-refractivity contribution is 7.12. The van der Waals surface area contributed by atoms with Crippen LogP contribution in [0.3, 0.4) is 0 Å². The number of hydrogen-bond acceptors (Lipinski definition) is 3. The average Bonchev–Trinajstić information content (AvgIpc) is 3.18. The Morgan fingerprint density at radius 1 is 0.750 bits per heavy atom. The van der Waals surface area contributed by atoms with Crippen molar-refractivity contribution in [2.24, 2.45) is 0 Å². The highest BCUT2D eigenvalue weighted by Gasteiger charge is 2.32. The van der Waals surface area contributed by atoms with Crippen LogP contribution < -0.4 is 0 Å². The van der Waals surface area contributed by atoms with Crippen molar-refractivity contribution in [1.29, 1.82) is 0 Å². The van der Waals surface area contributed by atoms with E-state index in [-0.39, 0.29) is 5.41 Å². The third-order valence-electron chi connectivity index (χ3n) is 8.06. The van der Waals surface area contributed by atoms with Gasteiger partial charge in [0.25, 0.3) is 0 Å². The fourth-order valence-corrected chi connectivity index (χ4v) is 7.31. The number of aromatic nitrogens is 1. The van der Waals surface area contributed by atoms with Gasteiger partial charge in [-0.3, -0.25) is 9.80 Å². The number of nitrogens with zero attached hydrogens (tertiary/aromatic N) is 2. The fraction of sp³-hybridized carbons (Fsp3) is 0.714. The van der Waals surface area contributed by atoms with E-state index in [0.717, 1.165) is 11.8 Å². The first-order valence-electron chi connectivity index (χ1n) is 12.9. The lowest BCUT2D eigenvalue weighted by Crippen LogP contribution is -2.29. The van der Waals surface area contributed by atoms with E-state index in [1.165, 1.54) is 70.6 Å². The summed E-state index contributed by atoms with van der Waals surface area (Å²) in [5.41, 5.74) is 6.72. The summed E-state index contributed by atoms with van der Waals surface area (Å²) in [6.07, 6.45) is 5.46. The Hall–Kier alpha value is -1.10. The number of aromatic amines is 1. The van der Waals surface area contributed by atoms with Gasteiger partial charge in [-0.15, -0.1) is 11.3 Å². The van der Waals surface area contributed by atoms with E-state index in [4.69, 9.17) is 0 Å². The molecule has 1 N–H and O–H groups in total. The molecule has 176 valence electrons. The summed E-state index contributed by atoms with van der Waals surface area (Å²) >= 11 is 2.09. The van der Waals surface area contributed by atoms with Gasteiger partial charge in [0.2, 0.25) is 0 Å². The Balaban J connectivity index is 0.000000135. The molecule has 6 aliphatic rings. The second-order valence-electron chi connectivity index (χ2n) is 12.7. The number of H-pyrrole nitrogens is 1. The number of hydrogen-bond donors (Lipinski definition) is 1. The van der Waals surface area contributed by atoms with Crippen molar-refractivity contribution in [3.63, 3.8) is 0 Å². The summed E-state index contributed by atoms with van der Waals surface area (Å²) in [7, 11) is 0. The van der Waals surface area contributed by atoms with Crippen LogP contribution in [0.25, 0.3) is 0 Å². The van der Waals surface area contributed by atoms with Crippen molar-refractivity contribution >= 4 is 11.3 Å². The second-order valence-corrected chi connectivity index (χ2v) is 13.8. The van der Waals surface area contributed by atoms with Gasteiger partial charge in [-0.25, -0.2) is 0 Å². The minimum Gasteiger partial charge on any atom is -0.361 e. The van der Waals surface area contributed by atoms with Crippen molar-refractivity contribution in [2.75, 3.05) is 26.2 Å². The summed E-state index contributed by atoms with van der Waals surface area (Å²) in [5, 5.41) is 0.